The van der Waals surface area contributed by atoms with Crippen LogP contribution in [0.2, 0.25) is 0 Å². The van der Waals surface area contributed by atoms with Crippen molar-refractivity contribution in [1.29, 1.82) is 0 Å². The zero-order valence-corrected chi connectivity index (χ0v) is 10.3. The molecule has 6 nitrogen and oxygen atoms in total. The van der Waals surface area contributed by atoms with Crippen molar-refractivity contribution in [2.45, 2.75) is 13.0 Å². The summed E-state index contributed by atoms with van der Waals surface area (Å²) in [6.45, 7) is 1.78. The van der Waals surface area contributed by atoms with Crippen LogP contribution < -0.4 is 10.6 Å². The van der Waals surface area contributed by atoms with Crippen LogP contribution in [0.15, 0.2) is 18.2 Å². The van der Waals surface area contributed by atoms with Crippen LogP contribution in [0.3, 0.4) is 0 Å². The number of hydrogen-bond donors (Lipinski definition) is 3. The van der Waals surface area contributed by atoms with Gasteiger partial charge >= 0.3 is 0 Å². The van der Waals surface area contributed by atoms with Gasteiger partial charge in [-0.05, 0) is 25.1 Å². The molecule has 0 aliphatic carbocycles. The van der Waals surface area contributed by atoms with Crippen molar-refractivity contribution in [3.63, 3.8) is 0 Å². The van der Waals surface area contributed by atoms with Crippen LogP contribution in [0, 0.1) is 6.92 Å². The molecule has 0 radical (unpaired) electrons. The van der Waals surface area contributed by atoms with Gasteiger partial charge in [-0.1, -0.05) is 0 Å². The molecule has 1 amide bonds. The Kier molecular flexibility index (Phi) is 3.31. The van der Waals surface area contributed by atoms with E-state index < -0.39 is 12.0 Å². The SMILES string of the molecule is Cc1nc2ccc(N(C)C(=O)C(O)CN)cc2[nH]1. The van der Waals surface area contributed by atoms with E-state index in [1.807, 2.05) is 19.1 Å². The summed E-state index contributed by atoms with van der Waals surface area (Å²) in [7, 11) is 1.60. The van der Waals surface area contributed by atoms with Gasteiger partial charge < -0.3 is 20.7 Å². The van der Waals surface area contributed by atoms with Gasteiger partial charge in [0.2, 0.25) is 0 Å². The molecule has 0 saturated carbocycles. The van der Waals surface area contributed by atoms with Crippen LogP contribution in [0.4, 0.5) is 5.69 Å². The summed E-state index contributed by atoms with van der Waals surface area (Å²) >= 11 is 0. The minimum absolute atomic E-state index is 0.0887. The zero-order chi connectivity index (χ0) is 13.3. The number of aromatic nitrogens is 2. The van der Waals surface area contributed by atoms with Gasteiger partial charge in [0.05, 0.1) is 11.0 Å². The first kappa shape index (κ1) is 12.5. The van der Waals surface area contributed by atoms with Crippen LogP contribution in [0.1, 0.15) is 5.82 Å². The highest BCUT2D eigenvalue weighted by Crippen LogP contribution is 2.20. The van der Waals surface area contributed by atoms with E-state index in [0.717, 1.165) is 16.9 Å². The predicted molar refractivity (Wildman–Crippen MR) is 69.3 cm³/mol. The molecule has 1 aromatic carbocycles. The number of nitrogens with zero attached hydrogens (tertiary/aromatic N) is 2. The van der Waals surface area contributed by atoms with Gasteiger partial charge in [-0.15, -0.1) is 0 Å². The number of nitrogens with two attached hydrogens (primary N) is 1. The second-order valence-electron chi connectivity index (χ2n) is 4.17. The highest BCUT2D eigenvalue weighted by atomic mass is 16.3. The fourth-order valence-corrected chi connectivity index (χ4v) is 1.79. The lowest BCUT2D eigenvalue weighted by atomic mass is 10.2. The topological polar surface area (TPSA) is 95.2 Å². The van der Waals surface area contributed by atoms with Crippen molar-refractivity contribution in [2.24, 2.45) is 5.73 Å². The maximum Gasteiger partial charge on any atom is 0.256 e. The molecular weight excluding hydrogens is 232 g/mol. The number of aromatic amines is 1. The molecule has 96 valence electrons. The van der Waals surface area contributed by atoms with Crippen LogP contribution in [0.25, 0.3) is 11.0 Å². The van der Waals surface area contributed by atoms with Crippen LogP contribution in [0.5, 0.6) is 0 Å². The van der Waals surface area contributed by atoms with Gasteiger partial charge in [-0.25, -0.2) is 4.98 Å². The lowest BCUT2D eigenvalue weighted by molar-refractivity contribution is -0.125. The highest BCUT2D eigenvalue weighted by molar-refractivity contribution is 5.97. The Morgan fingerprint density at radius 1 is 1.61 bits per heavy atom. The normalized spacial score (nSPS) is 12.7. The Morgan fingerprint density at radius 3 is 3.00 bits per heavy atom. The highest BCUT2D eigenvalue weighted by Gasteiger charge is 2.19. The summed E-state index contributed by atoms with van der Waals surface area (Å²) < 4.78 is 0. The molecular formula is C12H16N4O2. The monoisotopic (exact) mass is 248 g/mol. The van der Waals surface area contributed by atoms with Gasteiger partial charge in [0, 0.05) is 19.3 Å². The lowest BCUT2D eigenvalue weighted by Crippen LogP contribution is -2.40. The molecule has 6 heteroatoms. The Balaban J connectivity index is 2.32. The number of fused-ring (bicyclic) bond motifs is 1. The number of carbonyl (C=O) groups is 1. The van der Waals surface area contributed by atoms with Crippen molar-refractivity contribution < 1.29 is 9.90 Å². The maximum atomic E-state index is 11.8. The lowest BCUT2D eigenvalue weighted by Gasteiger charge is -2.19. The second kappa shape index (κ2) is 4.75. The van der Waals surface area contributed by atoms with E-state index in [2.05, 4.69) is 9.97 Å². The number of H-pyrrole nitrogens is 1. The molecule has 1 aromatic heterocycles. The van der Waals surface area contributed by atoms with E-state index in [1.54, 1.807) is 13.1 Å². The number of carbonyl (C=O) groups excluding carboxylic acids is 1. The molecule has 0 bridgehead atoms. The predicted octanol–water partition coefficient (Wildman–Crippen LogP) is 0.154. The van der Waals surface area contributed by atoms with Crippen molar-refractivity contribution in [3.05, 3.63) is 24.0 Å². The fraction of sp³-hybridized carbons (Fsp3) is 0.333. The first-order valence-corrected chi connectivity index (χ1v) is 5.65. The molecule has 2 rings (SSSR count). The number of likely N-dealkylation sites (N-methyl/N-ethyl adjacent to an activating group) is 1. The third-order valence-electron chi connectivity index (χ3n) is 2.81. The van der Waals surface area contributed by atoms with Crippen LogP contribution in [-0.2, 0) is 4.79 Å². The minimum Gasteiger partial charge on any atom is -0.382 e. The quantitative estimate of drug-likeness (QED) is 0.720. The first-order valence-electron chi connectivity index (χ1n) is 5.65. The maximum absolute atomic E-state index is 11.8. The number of amides is 1. The standard InChI is InChI=1S/C12H16N4O2/c1-7-14-9-4-3-8(5-10(9)15-7)16(2)12(18)11(17)6-13/h3-5,11,17H,6,13H2,1-2H3,(H,14,15). The molecule has 4 N–H and O–H groups in total. The summed E-state index contributed by atoms with van der Waals surface area (Å²) in [4.78, 5) is 20.5. The summed E-state index contributed by atoms with van der Waals surface area (Å²) in [5.41, 5.74) is 7.65. The number of aliphatic hydroxyl groups is 1. The number of anilines is 1. The number of hydrogen-bond acceptors (Lipinski definition) is 4. The summed E-state index contributed by atoms with van der Waals surface area (Å²) in [6, 6.07) is 5.42. The number of imidazole rings is 1. The number of rotatable bonds is 3. The smallest absolute Gasteiger partial charge is 0.256 e. The zero-order valence-electron chi connectivity index (χ0n) is 10.3. The molecule has 1 unspecified atom stereocenters. The third kappa shape index (κ3) is 2.20. The Morgan fingerprint density at radius 2 is 2.33 bits per heavy atom. The van der Waals surface area contributed by atoms with Gasteiger partial charge in [-0.3, -0.25) is 4.79 Å². The van der Waals surface area contributed by atoms with Crippen molar-refractivity contribution >= 4 is 22.6 Å². The van der Waals surface area contributed by atoms with Crippen molar-refractivity contribution in [3.8, 4) is 0 Å². The van der Waals surface area contributed by atoms with Crippen LogP contribution in [-0.4, -0.2) is 40.7 Å². The molecule has 1 atom stereocenters. The minimum atomic E-state index is -1.17. The van der Waals surface area contributed by atoms with E-state index in [0.29, 0.717) is 5.69 Å². The summed E-state index contributed by atoms with van der Waals surface area (Å²) in [6.07, 6.45) is -1.17. The summed E-state index contributed by atoms with van der Waals surface area (Å²) in [5, 5.41) is 9.44. The van der Waals surface area contributed by atoms with Crippen LogP contribution >= 0.6 is 0 Å². The molecule has 0 aliphatic heterocycles. The molecule has 0 fully saturated rings. The molecule has 2 aromatic rings. The summed E-state index contributed by atoms with van der Waals surface area (Å²) in [5.74, 6) is 0.395. The molecule has 18 heavy (non-hydrogen) atoms. The van der Waals surface area contributed by atoms with E-state index in [-0.39, 0.29) is 6.54 Å². The molecule has 0 saturated heterocycles. The number of nitrogens with one attached hydrogen (secondary N) is 1. The van der Waals surface area contributed by atoms with Gasteiger partial charge in [0.15, 0.2) is 0 Å². The van der Waals surface area contributed by atoms with Gasteiger partial charge in [-0.2, -0.15) is 0 Å². The van der Waals surface area contributed by atoms with E-state index in [1.165, 1.54) is 4.90 Å². The molecule has 0 aliphatic rings. The van der Waals surface area contributed by atoms with E-state index in [9.17, 15) is 9.90 Å². The Hall–Kier alpha value is -1.92. The van der Waals surface area contributed by atoms with Crippen molar-refractivity contribution in [2.75, 3.05) is 18.5 Å². The molecule has 0 spiro atoms. The number of benzene rings is 1. The van der Waals surface area contributed by atoms with E-state index in [4.69, 9.17) is 5.73 Å². The van der Waals surface area contributed by atoms with Gasteiger partial charge in [0.25, 0.3) is 5.91 Å². The second-order valence-corrected chi connectivity index (χ2v) is 4.17. The number of aliphatic hydroxyl groups excluding tert-OH is 1. The largest absolute Gasteiger partial charge is 0.382 e. The fourth-order valence-electron chi connectivity index (χ4n) is 1.79. The average molecular weight is 248 g/mol. The Labute approximate surface area is 104 Å². The average Bonchev–Trinajstić information content (AvgIpc) is 2.74. The number of aryl methyl sites for hydroxylation is 1. The van der Waals surface area contributed by atoms with Crippen molar-refractivity contribution in [1.82, 2.24) is 9.97 Å². The third-order valence-corrected chi connectivity index (χ3v) is 2.81. The Bertz CT molecular complexity index is 578. The molecule has 1 heterocycles. The van der Waals surface area contributed by atoms with Gasteiger partial charge in [0.1, 0.15) is 11.9 Å². The first-order chi connectivity index (χ1) is 8.52. The van der Waals surface area contributed by atoms with E-state index >= 15 is 0 Å².